The maximum atomic E-state index is 11.2. The zero-order valence-corrected chi connectivity index (χ0v) is 12.0. The van der Waals surface area contributed by atoms with Crippen LogP contribution in [0.15, 0.2) is 42.5 Å². The molecule has 0 saturated carbocycles. The quantitative estimate of drug-likeness (QED) is 0.593. The number of benzene rings is 1. The van der Waals surface area contributed by atoms with Gasteiger partial charge in [-0.1, -0.05) is 30.3 Å². The molecule has 1 aromatic rings. The van der Waals surface area contributed by atoms with Crippen LogP contribution in [0.2, 0.25) is 0 Å². The number of ether oxygens (including phenoxy) is 4. The number of hydrogen-bond acceptors (Lipinski definition) is 6. The van der Waals surface area contributed by atoms with Gasteiger partial charge < -0.3 is 18.9 Å². The highest BCUT2D eigenvalue weighted by molar-refractivity contribution is 5.60. The topological polar surface area (TPSA) is 71.1 Å². The molecule has 0 saturated heterocycles. The van der Waals surface area contributed by atoms with E-state index in [1.807, 2.05) is 30.3 Å². The van der Waals surface area contributed by atoms with Crippen molar-refractivity contribution in [3.05, 3.63) is 48.0 Å². The van der Waals surface area contributed by atoms with Crippen LogP contribution in [0.5, 0.6) is 0 Å². The molecule has 1 rings (SSSR count). The first-order chi connectivity index (χ1) is 10.2. The van der Waals surface area contributed by atoms with Gasteiger partial charge in [0.2, 0.25) is 0 Å². The summed E-state index contributed by atoms with van der Waals surface area (Å²) in [6.45, 7) is 0.0303. The Morgan fingerprint density at radius 2 is 1.76 bits per heavy atom. The third-order valence-corrected chi connectivity index (χ3v) is 2.51. The van der Waals surface area contributed by atoms with Gasteiger partial charge >= 0.3 is 12.3 Å². The van der Waals surface area contributed by atoms with Crippen LogP contribution < -0.4 is 0 Å². The smallest absolute Gasteiger partial charge is 0.438 e. The van der Waals surface area contributed by atoms with E-state index >= 15 is 0 Å². The van der Waals surface area contributed by atoms with Gasteiger partial charge in [-0.15, -0.1) is 0 Å². The second-order valence-corrected chi connectivity index (χ2v) is 3.99. The van der Waals surface area contributed by atoms with Crippen LogP contribution in [0.3, 0.4) is 0 Å². The van der Waals surface area contributed by atoms with Crippen LogP contribution >= 0.6 is 0 Å². The molecule has 0 aliphatic carbocycles. The third kappa shape index (κ3) is 7.00. The Morgan fingerprint density at radius 3 is 2.38 bits per heavy atom. The van der Waals surface area contributed by atoms with Crippen LogP contribution in [0.4, 0.5) is 9.59 Å². The fourth-order valence-corrected chi connectivity index (χ4v) is 1.55. The fourth-order valence-electron chi connectivity index (χ4n) is 1.55. The number of rotatable bonds is 6. The van der Waals surface area contributed by atoms with E-state index in [0.717, 1.165) is 5.56 Å². The minimum atomic E-state index is -0.770. The standard InChI is InChI=1S/C15H18O6/c1-18-14(16)20-10-6-9-13(21-15(17)19-2)11-12-7-4-3-5-8-12/h3-9,13H,10-11H2,1-2H3/b9-6-. The summed E-state index contributed by atoms with van der Waals surface area (Å²) in [5.74, 6) is 0. The Kier molecular flexibility index (Phi) is 7.42. The molecule has 6 nitrogen and oxygen atoms in total. The Bertz CT molecular complexity index is 468. The molecule has 0 heterocycles. The number of carbonyl (C=O) groups is 2. The number of methoxy groups -OCH3 is 2. The predicted octanol–water partition coefficient (Wildman–Crippen LogP) is 2.72. The number of hydrogen-bond donors (Lipinski definition) is 0. The molecule has 1 atom stereocenters. The molecule has 6 heteroatoms. The molecular weight excluding hydrogens is 276 g/mol. The first-order valence-electron chi connectivity index (χ1n) is 6.31. The van der Waals surface area contributed by atoms with E-state index in [9.17, 15) is 9.59 Å². The molecule has 0 aliphatic heterocycles. The molecule has 0 aliphatic rings. The molecule has 0 radical (unpaired) electrons. The zero-order chi connectivity index (χ0) is 15.5. The predicted molar refractivity (Wildman–Crippen MR) is 74.9 cm³/mol. The van der Waals surface area contributed by atoms with E-state index in [0.29, 0.717) is 6.42 Å². The highest BCUT2D eigenvalue weighted by atomic mass is 16.7. The van der Waals surface area contributed by atoms with Crippen molar-refractivity contribution in [3.63, 3.8) is 0 Å². The van der Waals surface area contributed by atoms with Crippen molar-refractivity contribution < 1.29 is 28.5 Å². The summed E-state index contributed by atoms with van der Waals surface area (Å²) < 4.78 is 18.6. The average Bonchev–Trinajstić information content (AvgIpc) is 2.51. The van der Waals surface area contributed by atoms with E-state index in [-0.39, 0.29) is 6.61 Å². The van der Waals surface area contributed by atoms with Gasteiger partial charge in [0, 0.05) is 6.42 Å². The molecule has 114 valence electrons. The monoisotopic (exact) mass is 294 g/mol. The summed E-state index contributed by atoms with van der Waals surface area (Å²) >= 11 is 0. The van der Waals surface area contributed by atoms with Gasteiger partial charge in [0.15, 0.2) is 0 Å². The highest BCUT2D eigenvalue weighted by Gasteiger charge is 2.12. The van der Waals surface area contributed by atoms with Crippen molar-refractivity contribution in [3.8, 4) is 0 Å². The van der Waals surface area contributed by atoms with Gasteiger partial charge in [-0.3, -0.25) is 0 Å². The summed E-state index contributed by atoms with van der Waals surface area (Å²) in [4.78, 5) is 22.0. The Balaban J connectivity index is 2.57. The van der Waals surface area contributed by atoms with Crippen LogP contribution in [0.25, 0.3) is 0 Å². The Hall–Kier alpha value is -2.50. The van der Waals surface area contributed by atoms with E-state index in [1.54, 1.807) is 12.2 Å². The minimum Gasteiger partial charge on any atom is -0.438 e. The lowest BCUT2D eigenvalue weighted by molar-refractivity contribution is 0.0519. The molecule has 0 amide bonds. The normalized spacial score (nSPS) is 11.7. The molecule has 0 fully saturated rings. The molecule has 1 aromatic carbocycles. The van der Waals surface area contributed by atoms with Gasteiger partial charge in [0.25, 0.3) is 0 Å². The van der Waals surface area contributed by atoms with Crippen LogP contribution in [0, 0.1) is 0 Å². The average molecular weight is 294 g/mol. The van der Waals surface area contributed by atoms with Gasteiger partial charge in [0.1, 0.15) is 12.7 Å². The van der Waals surface area contributed by atoms with Crippen molar-refractivity contribution in [2.45, 2.75) is 12.5 Å². The van der Waals surface area contributed by atoms with Crippen molar-refractivity contribution in [2.75, 3.05) is 20.8 Å². The molecule has 21 heavy (non-hydrogen) atoms. The van der Waals surface area contributed by atoms with Crippen molar-refractivity contribution in [1.82, 2.24) is 0 Å². The Labute approximate surface area is 123 Å². The van der Waals surface area contributed by atoms with E-state index in [1.165, 1.54) is 14.2 Å². The summed E-state index contributed by atoms with van der Waals surface area (Å²) in [7, 11) is 2.47. The van der Waals surface area contributed by atoms with Crippen LogP contribution in [-0.4, -0.2) is 39.2 Å². The van der Waals surface area contributed by atoms with Crippen molar-refractivity contribution in [1.29, 1.82) is 0 Å². The lowest BCUT2D eigenvalue weighted by Gasteiger charge is -2.13. The van der Waals surface area contributed by atoms with E-state index in [4.69, 9.17) is 9.47 Å². The highest BCUT2D eigenvalue weighted by Crippen LogP contribution is 2.08. The summed E-state index contributed by atoms with van der Waals surface area (Å²) in [6, 6.07) is 9.54. The van der Waals surface area contributed by atoms with E-state index in [2.05, 4.69) is 9.47 Å². The molecule has 0 spiro atoms. The first kappa shape index (κ1) is 16.6. The minimum absolute atomic E-state index is 0.0303. The maximum Gasteiger partial charge on any atom is 0.508 e. The summed E-state index contributed by atoms with van der Waals surface area (Å²) in [5.41, 5.74) is 1.00. The van der Waals surface area contributed by atoms with Crippen LogP contribution in [0.1, 0.15) is 5.56 Å². The van der Waals surface area contributed by atoms with Gasteiger partial charge in [-0.25, -0.2) is 9.59 Å². The van der Waals surface area contributed by atoms with Crippen LogP contribution in [-0.2, 0) is 25.4 Å². The first-order valence-corrected chi connectivity index (χ1v) is 6.31. The lowest BCUT2D eigenvalue weighted by Crippen LogP contribution is -2.19. The molecule has 1 unspecified atom stereocenters. The molecule has 0 N–H and O–H groups in total. The Morgan fingerprint density at radius 1 is 1.10 bits per heavy atom. The number of carbonyl (C=O) groups excluding carboxylic acids is 2. The third-order valence-electron chi connectivity index (χ3n) is 2.51. The second kappa shape index (κ2) is 9.41. The summed E-state index contributed by atoms with van der Waals surface area (Å²) in [5, 5.41) is 0. The SMILES string of the molecule is COC(=O)OC/C=C\C(Cc1ccccc1)OC(=O)OC. The van der Waals surface area contributed by atoms with E-state index < -0.39 is 18.4 Å². The zero-order valence-electron chi connectivity index (χ0n) is 12.0. The summed E-state index contributed by atoms with van der Waals surface area (Å²) in [6.07, 6.45) is 1.65. The van der Waals surface area contributed by atoms with Gasteiger partial charge in [-0.05, 0) is 17.7 Å². The largest absolute Gasteiger partial charge is 0.508 e. The maximum absolute atomic E-state index is 11.2. The van der Waals surface area contributed by atoms with Gasteiger partial charge in [-0.2, -0.15) is 0 Å². The van der Waals surface area contributed by atoms with Crippen molar-refractivity contribution >= 4 is 12.3 Å². The fraction of sp³-hybridized carbons (Fsp3) is 0.333. The molecule has 0 aromatic heterocycles. The second-order valence-electron chi connectivity index (χ2n) is 3.99. The molecular formula is C15H18O6. The lowest BCUT2D eigenvalue weighted by atomic mass is 10.1. The molecule has 0 bridgehead atoms. The van der Waals surface area contributed by atoms with Gasteiger partial charge in [0.05, 0.1) is 14.2 Å². The van der Waals surface area contributed by atoms with Crippen molar-refractivity contribution in [2.24, 2.45) is 0 Å².